The summed E-state index contributed by atoms with van der Waals surface area (Å²) in [6.45, 7) is 0.871. The van der Waals surface area contributed by atoms with Crippen molar-refractivity contribution in [1.82, 2.24) is 4.90 Å². The second-order valence-corrected chi connectivity index (χ2v) is 6.62. The van der Waals surface area contributed by atoms with Crippen molar-refractivity contribution in [3.8, 4) is 11.5 Å². The summed E-state index contributed by atoms with van der Waals surface area (Å²) in [6, 6.07) is 15.1. The Balaban J connectivity index is 1.72. The lowest BCUT2D eigenvalue weighted by Gasteiger charge is -2.22. The number of methoxy groups -OCH3 is 2. The Bertz CT molecular complexity index is 822. The van der Waals surface area contributed by atoms with Crippen molar-refractivity contribution in [1.29, 1.82) is 0 Å². The van der Waals surface area contributed by atoms with Gasteiger partial charge >= 0.3 is 0 Å². The van der Waals surface area contributed by atoms with Crippen LogP contribution in [0.3, 0.4) is 0 Å². The molecule has 1 fully saturated rings. The van der Waals surface area contributed by atoms with E-state index in [4.69, 9.17) is 9.47 Å². The van der Waals surface area contributed by atoms with Gasteiger partial charge in [0.25, 0.3) is 0 Å². The lowest BCUT2D eigenvalue weighted by atomic mass is 10.1. The van der Waals surface area contributed by atoms with Crippen molar-refractivity contribution in [3.05, 3.63) is 54.1 Å². The summed E-state index contributed by atoms with van der Waals surface area (Å²) in [6.07, 6.45) is 0.202. The van der Waals surface area contributed by atoms with E-state index < -0.39 is 0 Å². The number of hydrogen-bond donors (Lipinski definition) is 0. The van der Waals surface area contributed by atoms with Crippen molar-refractivity contribution in [2.75, 3.05) is 32.7 Å². The highest BCUT2D eigenvalue weighted by molar-refractivity contribution is 6.01. The zero-order chi connectivity index (χ0) is 19.4. The standard InChI is InChI=1S/C21H24N2O4/c1-22(13-15-7-5-4-6-8-15)21(25)16-11-20(24)23(14-16)18-10-9-17(26-2)12-19(18)27-3/h4-10,12,16H,11,13-14H2,1-3H3. The number of anilines is 1. The van der Waals surface area contributed by atoms with E-state index in [-0.39, 0.29) is 24.2 Å². The predicted octanol–water partition coefficient (Wildman–Crippen LogP) is 2.72. The summed E-state index contributed by atoms with van der Waals surface area (Å²) in [4.78, 5) is 28.7. The predicted molar refractivity (Wildman–Crippen MR) is 103 cm³/mol. The maximum absolute atomic E-state index is 12.8. The molecule has 0 aromatic heterocycles. The van der Waals surface area contributed by atoms with E-state index in [2.05, 4.69) is 0 Å². The van der Waals surface area contributed by atoms with Gasteiger partial charge in [0.15, 0.2) is 0 Å². The molecule has 0 saturated carbocycles. The molecule has 0 N–H and O–H groups in total. The molecule has 3 rings (SSSR count). The highest BCUT2D eigenvalue weighted by Gasteiger charge is 2.37. The largest absolute Gasteiger partial charge is 0.497 e. The van der Waals surface area contributed by atoms with E-state index >= 15 is 0 Å². The monoisotopic (exact) mass is 368 g/mol. The first-order valence-electron chi connectivity index (χ1n) is 8.84. The summed E-state index contributed by atoms with van der Waals surface area (Å²) in [5.74, 6) is 0.732. The van der Waals surface area contributed by atoms with Crippen LogP contribution in [0.15, 0.2) is 48.5 Å². The molecule has 27 heavy (non-hydrogen) atoms. The molecule has 2 aromatic carbocycles. The van der Waals surface area contributed by atoms with E-state index in [1.54, 1.807) is 49.3 Å². The fraction of sp³-hybridized carbons (Fsp3) is 0.333. The molecule has 1 heterocycles. The van der Waals surface area contributed by atoms with Crippen molar-refractivity contribution < 1.29 is 19.1 Å². The Morgan fingerprint density at radius 1 is 1.15 bits per heavy atom. The van der Waals surface area contributed by atoms with Gasteiger partial charge in [0.2, 0.25) is 11.8 Å². The topological polar surface area (TPSA) is 59.1 Å². The molecule has 1 aliphatic rings. The number of rotatable bonds is 6. The SMILES string of the molecule is COc1ccc(N2CC(C(=O)N(C)Cc3ccccc3)CC2=O)c(OC)c1. The van der Waals surface area contributed by atoms with Crippen LogP contribution in [0.25, 0.3) is 0 Å². The number of carbonyl (C=O) groups excluding carboxylic acids is 2. The molecular formula is C21H24N2O4. The third-order valence-electron chi connectivity index (χ3n) is 4.79. The first-order chi connectivity index (χ1) is 13.0. The molecule has 0 radical (unpaired) electrons. The molecule has 0 spiro atoms. The normalized spacial score (nSPS) is 16.3. The molecule has 2 aromatic rings. The number of ether oxygens (including phenoxy) is 2. The van der Waals surface area contributed by atoms with Gasteiger partial charge < -0.3 is 19.3 Å². The number of amides is 2. The highest BCUT2D eigenvalue weighted by Crippen LogP contribution is 2.36. The summed E-state index contributed by atoms with van der Waals surface area (Å²) >= 11 is 0. The van der Waals surface area contributed by atoms with Gasteiger partial charge in [0.05, 0.1) is 25.8 Å². The minimum Gasteiger partial charge on any atom is -0.497 e. The first-order valence-corrected chi connectivity index (χ1v) is 8.84. The quantitative estimate of drug-likeness (QED) is 0.787. The zero-order valence-electron chi connectivity index (χ0n) is 15.8. The Kier molecular flexibility index (Phi) is 5.64. The number of hydrogen-bond acceptors (Lipinski definition) is 4. The van der Waals surface area contributed by atoms with Gasteiger partial charge in [-0.15, -0.1) is 0 Å². The first kappa shape index (κ1) is 18.8. The summed E-state index contributed by atoms with van der Waals surface area (Å²) in [5, 5.41) is 0. The van der Waals surface area contributed by atoms with Gasteiger partial charge in [-0.05, 0) is 17.7 Å². The molecule has 2 amide bonds. The van der Waals surface area contributed by atoms with E-state index in [1.165, 1.54) is 0 Å². The average molecular weight is 368 g/mol. The number of nitrogens with zero attached hydrogens (tertiary/aromatic N) is 2. The Labute approximate surface area is 159 Å². The Hall–Kier alpha value is -3.02. The molecular weight excluding hydrogens is 344 g/mol. The van der Waals surface area contributed by atoms with Gasteiger partial charge in [-0.3, -0.25) is 9.59 Å². The third-order valence-corrected chi connectivity index (χ3v) is 4.79. The van der Waals surface area contributed by atoms with Crippen LogP contribution >= 0.6 is 0 Å². The van der Waals surface area contributed by atoms with Crippen molar-refractivity contribution >= 4 is 17.5 Å². The average Bonchev–Trinajstić information content (AvgIpc) is 3.08. The number of carbonyl (C=O) groups is 2. The van der Waals surface area contributed by atoms with Gasteiger partial charge in [-0.1, -0.05) is 30.3 Å². The van der Waals surface area contributed by atoms with Gasteiger partial charge in [-0.2, -0.15) is 0 Å². The molecule has 0 bridgehead atoms. The second kappa shape index (κ2) is 8.12. The highest BCUT2D eigenvalue weighted by atomic mass is 16.5. The Morgan fingerprint density at radius 3 is 2.56 bits per heavy atom. The lowest BCUT2D eigenvalue weighted by molar-refractivity contribution is -0.135. The van der Waals surface area contributed by atoms with Crippen LogP contribution in [-0.4, -0.2) is 44.5 Å². The Morgan fingerprint density at radius 2 is 1.89 bits per heavy atom. The van der Waals surface area contributed by atoms with Crippen LogP contribution in [0.5, 0.6) is 11.5 Å². The summed E-state index contributed by atoms with van der Waals surface area (Å²) in [7, 11) is 4.90. The maximum atomic E-state index is 12.8. The molecule has 6 nitrogen and oxygen atoms in total. The van der Waals surface area contributed by atoms with Crippen LogP contribution in [-0.2, 0) is 16.1 Å². The van der Waals surface area contributed by atoms with Crippen molar-refractivity contribution in [2.45, 2.75) is 13.0 Å². The molecule has 1 saturated heterocycles. The van der Waals surface area contributed by atoms with Crippen LogP contribution in [0.1, 0.15) is 12.0 Å². The van der Waals surface area contributed by atoms with E-state index in [1.807, 2.05) is 30.3 Å². The van der Waals surface area contributed by atoms with E-state index in [0.717, 1.165) is 5.56 Å². The van der Waals surface area contributed by atoms with E-state index in [0.29, 0.717) is 30.3 Å². The van der Waals surface area contributed by atoms with Crippen LogP contribution in [0.2, 0.25) is 0 Å². The summed E-state index contributed by atoms with van der Waals surface area (Å²) in [5.41, 5.74) is 1.72. The lowest BCUT2D eigenvalue weighted by Crippen LogP contribution is -2.34. The number of benzene rings is 2. The molecule has 1 unspecified atom stereocenters. The zero-order valence-corrected chi connectivity index (χ0v) is 15.8. The van der Waals surface area contributed by atoms with Gasteiger partial charge in [0, 0.05) is 32.6 Å². The van der Waals surface area contributed by atoms with Crippen molar-refractivity contribution in [2.24, 2.45) is 5.92 Å². The minimum absolute atomic E-state index is 0.0258. The fourth-order valence-electron chi connectivity index (χ4n) is 3.36. The smallest absolute Gasteiger partial charge is 0.228 e. The maximum Gasteiger partial charge on any atom is 0.228 e. The molecule has 6 heteroatoms. The van der Waals surface area contributed by atoms with Crippen molar-refractivity contribution in [3.63, 3.8) is 0 Å². The second-order valence-electron chi connectivity index (χ2n) is 6.62. The van der Waals surface area contributed by atoms with Crippen LogP contribution < -0.4 is 14.4 Å². The molecule has 1 aliphatic heterocycles. The van der Waals surface area contributed by atoms with E-state index in [9.17, 15) is 9.59 Å². The molecule has 1 atom stereocenters. The third kappa shape index (κ3) is 4.05. The van der Waals surface area contributed by atoms with Gasteiger partial charge in [0.1, 0.15) is 11.5 Å². The van der Waals surface area contributed by atoms with Crippen LogP contribution in [0.4, 0.5) is 5.69 Å². The summed E-state index contributed by atoms with van der Waals surface area (Å²) < 4.78 is 10.6. The van der Waals surface area contributed by atoms with Crippen LogP contribution in [0, 0.1) is 5.92 Å². The minimum atomic E-state index is -0.363. The van der Waals surface area contributed by atoms with Gasteiger partial charge in [-0.25, -0.2) is 0 Å². The fourth-order valence-corrected chi connectivity index (χ4v) is 3.36. The molecule has 142 valence electrons. The molecule has 0 aliphatic carbocycles.